The third-order valence-electron chi connectivity index (χ3n) is 3.46. The van der Waals surface area contributed by atoms with Crippen LogP contribution in [-0.4, -0.2) is 38.1 Å². The molecule has 0 bridgehead atoms. The van der Waals surface area contributed by atoms with Crippen LogP contribution < -0.4 is 9.46 Å². The predicted molar refractivity (Wildman–Crippen MR) is 95.1 cm³/mol. The molecule has 1 aromatic carbocycles. The molecule has 0 radical (unpaired) electrons. The molecule has 0 saturated heterocycles. The Bertz CT molecular complexity index is 1130. The zero-order valence-electron chi connectivity index (χ0n) is 13.7. The first-order valence-corrected chi connectivity index (χ1v) is 9.20. The van der Waals surface area contributed by atoms with Crippen LogP contribution >= 0.6 is 0 Å². The van der Waals surface area contributed by atoms with Crippen LogP contribution in [0.3, 0.4) is 0 Å². The number of anilines is 1. The van der Waals surface area contributed by atoms with Crippen LogP contribution in [0.15, 0.2) is 72.7 Å². The highest BCUT2D eigenvalue weighted by Gasteiger charge is 2.15. The average Bonchev–Trinajstić information content (AvgIpc) is 3.38. The highest BCUT2D eigenvalue weighted by Crippen LogP contribution is 2.23. The normalized spacial score (nSPS) is 11.3. The number of nitrogens with one attached hydrogen (secondary N) is 2. The number of benzene rings is 1. The van der Waals surface area contributed by atoms with Crippen LogP contribution in [0.5, 0.6) is 11.6 Å². The van der Waals surface area contributed by atoms with Gasteiger partial charge >= 0.3 is 0 Å². The number of rotatable bonds is 6. The minimum Gasteiger partial charge on any atom is -0.439 e. The third kappa shape index (κ3) is 3.77. The van der Waals surface area contributed by atoms with Gasteiger partial charge in [-0.2, -0.15) is 13.5 Å². The van der Waals surface area contributed by atoms with E-state index in [0.29, 0.717) is 23.1 Å². The topological polar surface area (TPSA) is 128 Å². The van der Waals surface area contributed by atoms with Crippen molar-refractivity contribution < 1.29 is 13.2 Å². The first-order valence-electron chi connectivity index (χ1n) is 7.71. The third-order valence-corrected chi connectivity index (χ3v) is 4.77. The molecular formula is C16H13N7O3S. The van der Waals surface area contributed by atoms with E-state index >= 15 is 0 Å². The SMILES string of the molecule is O=S(=O)(Nc1ccc(Oc2cc(-n3cccn3)ncn2)cc1)c1cnc[nH]1. The molecule has 0 aliphatic heterocycles. The Morgan fingerprint density at radius 3 is 2.70 bits per heavy atom. The van der Waals surface area contributed by atoms with E-state index in [1.807, 2.05) is 0 Å². The molecule has 10 nitrogen and oxygen atoms in total. The molecule has 0 aliphatic carbocycles. The van der Waals surface area contributed by atoms with Crippen molar-refractivity contribution in [3.05, 3.63) is 67.6 Å². The van der Waals surface area contributed by atoms with Gasteiger partial charge in [0.05, 0.1) is 12.5 Å². The standard InChI is InChI=1S/C16H13N7O3S/c24-27(25,16-9-17-10-20-16)22-12-2-4-13(5-3-12)26-15-8-14(18-11-19-15)23-7-1-6-21-23/h1-11,22H,(H,17,20). The van der Waals surface area contributed by atoms with E-state index in [2.05, 4.69) is 29.8 Å². The Kier molecular flexibility index (Phi) is 4.26. The van der Waals surface area contributed by atoms with Gasteiger partial charge in [0.2, 0.25) is 5.88 Å². The zero-order chi connectivity index (χ0) is 18.7. The molecule has 0 saturated carbocycles. The van der Waals surface area contributed by atoms with Crippen LogP contribution in [0, 0.1) is 0 Å². The summed E-state index contributed by atoms with van der Waals surface area (Å²) in [7, 11) is -3.71. The van der Waals surface area contributed by atoms with Gasteiger partial charge in [0, 0.05) is 24.1 Å². The molecule has 27 heavy (non-hydrogen) atoms. The Labute approximate surface area is 154 Å². The Hall–Kier alpha value is -3.73. The summed E-state index contributed by atoms with van der Waals surface area (Å²) < 4.78 is 34.0. The first kappa shape index (κ1) is 16.7. The van der Waals surface area contributed by atoms with E-state index in [9.17, 15) is 8.42 Å². The molecule has 0 amide bonds. The fourth-order valence-corrected chi connectivity index (χ4v) is 3.19. The monoisotopic (exact) mass is 383 g/mol. The first-order chi connectivity index (χ1) is 13.1. The number of aromatic amines is 1. The summed E-state index contributed by atoms with van der Waals surface area (Å²) >= 11 is 0. The van der Waals surface area contributed by atoms with E-state index in [4.69, 9.17) is 4.74 Å². The van der Waals surface area contributed by atoms with Gasteiger partial charge in [0.25, 0.3) is 10.0 Å². The molecule has 0 fully saturated rings. The lowest BCUT2D eigenvalue weighted by molar-refractivity contribution is 0.460. The number of nitrogens with zero attached hydrogens (tertiary/aromatic N) is 5. The summed E-state index contributed by atoms with van der Waals surface area (Å²) in [5.41, 5.74) is 0.386. The summed E-state index contributed by atoms with van der Waals surface area (Å²) in [5, 5.41) is 4.08. The quantitative estimate of drug-likeness (QED) is 0.521. The predicted octanol–water partition coefficient (Wildman–Crippen LogP) is 1.98. The fraction of sp³-hybridized carbons (Fsp3) is 0. The molecule has 0 unspecified atom stereocenters. The van der Waals surface area contributed by atoms with Crippen molar-refractivity contribution in [2.75, 3.05) is 4.72 Å². The number of H-pyrrole nitrogens is 1. The smallest absolute Gasteiger partial charge is 0.278 e. The molecule has 0 spiro atoms. The second kappa shape index (κ2) is 6.88. The minimum absolute atomic E-state index is 0.0186. The summed E-state index contributed by atoms with van der Waals surface area (Å²) in [5.74, 6) is 1.39. The van der Waals surface area contributed by atoms with Gasteiger partial charge in [-0.15, -0.1) is 0 Å². The second-order valence-electron chi connectivity index (χ2n) is 5.31. The zero-order valence-corrected chi connectivity index (χ0v) is 14.5. The molecule has 4 aromatic rings. The largest absolute Gasteiger partial charge is 0.439 e. The summed E-state index contributed by atoms with van der Waals surface area (Å²) in [6.45, 7) is 0. The summed E-state index contributed by atoms with van der Waals surface area (Å²) in [6.07, 6.45) is 7.30. The lowest BCUT2D eigenvalue weighted by Crippen LogP contribution is -2.13. The summed E-state index contributed by atoms with van der Waals surface area (Å²) in [6, 6.07) is 9.84. The number of sulfonamides is 1. The van der Waals surface area contributed by atoms with Crippen molar-refractivity contribution in [2.24, 2.45) is 0 Å². The average molecular weight is 383 g/mol. The van der Waals surface area contributed by atoms with Crippen LogP contribution in [0.4, 0.5) is 5.69 Å². The maximum Gasteiger partial charge on any atom is 0.278 e. The molecular weight excluding hydrogens is 370 g/mol. The van der Waals surface area contributed by atoms with Crippen LogP contribution in [0.2, 0.25) is 0 Å². The fourth-order valence-electron chi connectivity index (χ4n) is 2.23. The molecule has 11 heteroatoms. The van der Waals surface area contributed by atoms with E-state index in [1.54, 1.807) is 53.5 Å². The molecule has 3 aromatic heterocycles. The van der Waals surface area contributed by atoms with Crippen LogP contribution in [-0.2, 0) is 10.0 Å². The van der Waals surface area contributed by atoms with Gasteiger partial charge in [-0.3, -0.25) is 4.72 Å². The maximum atomic E-state index is 12.1. The van der Waals surface area contributed by atoms with Crippen LogP contribution in [0.25, 0.3) is 5.82 Å². The molecule has 4 rings (SSSR count). The van der Waals surface area contributed by atoms with Gasteiger partial charge in [-0.05, 0) is 30.3 Å². The van der Waals surface area contributed by atoms with E-state index < -0.39 is 10.0 Å². The highest BCUT2D eigenvalue weighted by molar-refractivity contribution is 7.92. The van der Waals surface area contributed by atoms with Gasteiger partial charge in [-0.25, -0.2) is 19.6 Å². The van der Waals surface area contributed by atoms with Crippen molar-refractivity contribution in [1.82, 2.24) is 29.7 Å². The Balaban J connectivity index is 1.48. The molecule has 3 heterocycles. The van der Waals surface area contributed by atoms with Crippen molar-refractivity contribution in [3.63, 3.8) is 0 Å². The van der Waals surface area contributed by atoms with E-state index in [-0.39, 0.29) is 5.03 Å². The van der Waals surface area contributed by atoms with E-state index in [1.165, 1.54) is 18.9 Å². The highest BCUT2D eigenvalue weighted by atomic mass is 32.2. The molecule has 0 aliphatic rings. The van der Waals surface area contributed by atoms with Crippen molar-refractivity contribution in [2.45, 2.75) is 5.03 Å². The van der Waals surface area contributed by atoms with Gasteiger partial charge in [-0.1, -0.05) is 0 Å². The van der Waals surface area contributed by atoms with E-state index in [0.717, 1.165) is 0 Å². The lowest BCUT2D eigenvalue weighted by atomic mass is 10.3. The number of aromatic nitrogens is 6. The number of hydrogen-bond acceptors (Lipinski definition) is 7. The van der Waals surface area contributed by atoms with Crippen molar-refractivity contribution in [1.29, 1.82) is 0 Å². The van der Waals surface area contributed by atoms with Gasteiger partial charge in [0.15, 0.2) is 10.8 Å². The molecule has 0 atom stereocenters. The number of hydrogen-bond donors (Lipinski definition) is 2. The molecule has 2 N–H and O–H groups in total. The van der Waals surface area contributed by atoms with Gasteiger partial charge in [0.1, 0.15) is 12.1 Å². The van der Waals surface area contributed by atoms with Crippen molar-refractivity contribution in [3.8, 4) is 17.4 Å². The van der Waals surface area contributed by atoms with Crippen molar-refractivity contribution >= 4 is 15.7 Å². The number of ether oxygens (including phenoxy) is 1. The van der Waals surface area contributed by atoms with Gasteiger partial charge < -0.3 is 9.72 Å². The van der Waals surface area contributed by atoms with Crippen LogP contribution in [0.1, 0.15) is 0 Å². The minimum atomic E-state index is -3.71. The molecule has 136 valence electrons. The Morgan fingerprint density at radius 1 is 1.15 bits per heavy atom. The maximum absolute atomic E-state index is 12.1. The Morgan fingerprint density at radius 2 is 2.00 bits per heavy atom. The lowest BCUT2D eigenvalue weighted by Gasteiger charge is -2.08. The second-order valence-corrected chi connectivity index (χ2v) is 6.96. The summed E-state index contributed by atoms with van der Waals surface area (Å²) in [4.78, 5) is 14.4. The number of imidazole rings is 1.